The van der Waals surface area contributed by atoms with Crippen molar-refractivity contribution in [3.05, 3.63) is 62.2 Å². The van der Waals surface area contributed by atoms with Crippen molar-refractivity contribution in [3.63, 3.8) is 0 Å². The van der Waals surface area contributed by atoms with E-state index in [9.17, 15) is 9.59 Å². The minimum Gasteiger partial charge on any atom is -0.301 e. The molecular weight excluding hydrogens is 472 g/mol. The lowest BCUT2D eigenvalue weighted by atomic mass is 9.98. The number of aromatic amines is 1. The average Bonchev–Trinajstić information content (AvgIpc) is 3.37. The number of hydrogen-bond donors (Lipinski definition) is 1. The average molecular weight is 499 g/mol. The Morgan fingerprint density at radius 1 is 1.24 bits per heavy atom. The summed E-state index contributed by atoms with van der Waals surface area (Å²) in [6.45, 7) is 7.99. The third-order valence-electron chi connectivity index (χ3n) is 5.51. The Balaban J connectivity index is 1.53. The molecule has 0 bridgehead atoms. The highest BCUT2D eigenvalue weighted by molar-refractivity contribution is 7.98. The van der Waals surface area contributed by atoms with Gasteiger partial charge in [0.1, 0.15) is 4.83 Å². The first kappa shape index (κ1) is 23.7. The van der Waals surface area contributed by atoms with Crippen LogP contribution >= 0.6 is 34.4 Å². The third kappa shape index (κ3) is 5.20. The van der Waals surface area contributed by atoms with Gasteiger partial charge in [-0.15, -0.1) is 22.7 Å². The number of amides is 1. The van der Waals surface area contributed by atoms with Crippen molar-refractivity contribution in [2.75, 3.05) is 4.90 Å². The van der Waals surface area contributed by atoms with Crippen molar-refractivity contribution < 1.29 is 4.79 Å². The van der Waals surface area contributed by atoms with Gasteiger partial charge in [-0.3, -0.25) is 14.5 Å². The van der Waals surface area contributed by atoms with Gasteiger partial charge in [0, 0.05) is 22.9 Å². The predicted octanol–water partition coefficient (Wildman–Crippen LogP) is 6.32. The molecule has 172 valence electrons. The highest BCUT2D eigenvalue weighted by Crippen LogP contribution is 2.33. The Hall–Kier alpha value is -2.49. The number of aromatic nitrogens is 3. The molecule has 33 heavy (non-hydrogen) atoms. The van der Waals surface area contributed by atoms with Gasteiger partial charge < -0.3 is 4.98 Å². The largest absolute Gasteiger partial charge is 0.301 e. The van der Waals surface area contributed by atoms with Gasteiger partial charge in [-0.05, 0) is 37.0 Å². The highest BCUT2D eigenvalue weighted by Gasteiger charge is 2.19. The molecule has 0 fully saturated rings. The van der Waals surface area contributed by atoms with Crippen LogP contribution in [0.3, 0.4) is 0 Å². The number of hydrogen-bond acceptors (Lipinski definition) is 7. The van der Waals surface area contributed by atoms with Gasteiger partial charge in [0.25, 0.3) is 5.56 Å². The number of H-pyrrole nitrogens is 1. The van der Waals surface area contributed by atoms with Crippen molar-refractivity contribution in [2.24, 2.45) is 5.92 Å². The summed E-state index contributed by atoms with van der Waals surface area (Å²) in [6, 6.07) is 9.49. The van der Waals surface area contributed by atoms with Gasteiger partial charge in [-0.25, -0.2) is 9.97 Å². The van der Waals surface area contributed by atoms with E-state index in [0.29, 0.717) is 22.0 Å². The topological polar surface area (TPSA) is 79.0 Å². The molecule has 6 nitrogen and oxygen atoms in total. The van der Waals surface area contributed by atoms with Gasteiger partial charge in [-0.2, -0.15) is 0 Å². The standard InChI is InChI=1S/C24H26N4O2S3/c1-5-14(2)11-19-15(3)33-22-20(19)21(30)26-23(27-22)31-12-17-13-32-24(25-17)28(16(4)29)18-9-7-6-8-10-18/h6-10,13-14H,5,11-12H2,1-4H3,(H,26,27,30). The number of aryl methyl sites for hydroxylation is 1. The lowest BCUT2D eigenvalue weighted by Crippen LogP contribution is -2.22. The van der Waals surface area contributed by atoms with Crippen LogP contribution < -0.4 is 10.5 Å². The summed E-state index contributed by atoms with van der Waals surface area (Å²) < 4.78 is 0. The van der Waals surface area contributed by atoms with E-state index in [1.54, 1.807) is 16.2 Å². The highest BCUT2D eigenvalue weighted by atomic mass is 32.2. The Kier molecular flexibility index (Phi) is 7.31. The zero-order valence-electron chi connectivity index (χ0n) is 19.0. The second kappa shape index (κ2) is 10.2. The molecule has 0 saturated heterocycles. The fourth-order valence-electron chi connectivity index (χ4n) is 3.57. The van der Waals surface area contributed by atoms with Gasteiger partial charge >= 0.3 is 0 Å². The predicted molar refractivity (Wildman–Crippen MR) is 139 cm³/mol. The molecule has 1 unspecified atom stereocenters. The van der Waals surface area contributed by atoms with Crippen LogP contribution in [0.5, 0.6) is 0 Å². The Bertz CT molecular complexity index is 1330. The summed E-state index contributed by atoms with van der Waals surface area (Å²) in [5.74, 6) is 0.988. The Morgan fingerprint density at radius 3 is 2.70 bits per heavy atom. The quantitative estimate of drug-likeness (QED) is 0.227. The summed E-state index contributed by atoms with van der Waals surface area (Å²) >= 11 is 4.46. The number of nitrogens with zero attached hydrogens (tertiary/aromatic N) is 3. The van der Waals surface area contributed by atoms with Crippen LogP contribution in [0.2, 0.25) is 0 Å². The smallest absolute Gasteiger partial charge is 0.260 e. The number of fused-ring (bicyclic) bond motifs is 1. The molecular formula is C24H26N4O2S3. The van der Waals surface area contributed by atoms with Crippen molar-refractivity contribution >= 4 is 61.4 Å². The van der Waals surface area contributed by atoms with E-state index in [-0.39, 0.29) is 11.5 Å². The summed E-state index contributed by atoms with van der Waals surface area (Å²) in [5, 5.41) is 3.89. The van der Waals surface area contributed by atoms with Crippen LogP contribution in [-0.4, -0.2) is 20.9 Å². The number of carbonyl (C=O) groups excluding carboxylic acids is 1. The fraction of sp³-hybridized carbons (Fsp3) is 0.333. The van der Waals surface area contributed by atoms with E-state index in [4.69, 9.17) is 4.98 Å². The normalized spacial score (nSPS) is 12.2. The molecule has 3 heterocycles. The van der Waals surface area contributed by atoms with Crippen LogP contribution in [0.4, 0.5) is 10.8 Å². The molecule has 1 amide bonds. The molecule has 0 radical (unpaired) electrons. The number of anilines is 2. The van der Waals surface area contributed by atoms with Gasteiger partial charge in [0.15, 0.2) is 10.3 Å². The first-order chi connectivity index (χ1) is 15.9. The summed E-state index contributed by atoms with van der Waals surface area (Å²) in [5.41, 5.74) is 2.68. The van der Waals surface area contributed by atoms with Crippen LogP contribution in [0.1, 0.15) is 43.3 Å². The number of nitrogens with one attached hydrogen (secondary N) is 1. The maximum atomic E-state index is 12.9. The molecule has 1 atom stereocenters. The summed E-state index contributed by atoms with van der Waals surface area (Å²) in [7, 11) is 0. The first-order valence-corrected chi connectivity index (χ1v) is 13.5. The lowest BCUT2D eigenvalue weighted by Gasteiger charge is -2.17. The van der Waals surface area contributed by atoms with Crippen LogP contribution in [0.25, 0.3) is 10.2 Å². The lowest BCUT2D eigenvalue weighted by molar-refractivity contribution is -0.115. The van der Waals surface area contributed by atoms with E-state index in [0.717, 1.165) is 40.0 Å². The number of benzene rings is 1. The zero-order valence-corrected chi connectivity index (χ0v) is 21.5. The molecule has 0 aliphatic rings. The SMILES string of the molecule is CCC(C)Cc1c(C)sc2nc(SCc3csc(N(C(C)=O)c4ccccc4)n3)[nH]c(=O)c12. The molecule has 4 rings (SSSR count). The van der Waals surface area contributed by atoms with E-state index in [2.05, 4.69) is 30.7 Å². The maximum Gasteiger partial charge on any atom is 0.260 e. The molecule has 0 saturated carbocycles. The third-order valence-corrected chi connectivity index (χ3v) is 8.33. The van der Waals surface area contributed by atoms with Crippen LogP contribution in [0.15, 0.2) is 45.7 Å². The summed E-state index contributed by atoms with van der Waals surface area (Å²) in [4.78, 5) is 41.0. The van der Waals surface area contributed by atoms with E-state index >= 15 is 0 Å². The van der Waals surface area contributed by atoms with Crippen molar-refractivity contribution in [1.29, 1.82) is 0 Å². The minimum absolute atomic E-state index is 0.0732. The molecule has 1 N–H and O–H groups in total. The molecule has 0 aliphatic carbocycles. The minimum atomic E-state index is -0.0903. The zero-order chi connectivity index (χ0) is 23.5. The van der Waals surface area contributed by atoms with Crippen molar-refractivity contribution in [1.82, 2.24) is 15.0 Å². The summed E-state index contributed by atoms with van der Waals surface area (Å²) in [6.07, 6.45) is 1.98. The van der Waals surface area contributed by atoms with Crippen molar-refractivity contribution in [3.8, 4) is 0 Å². The van der Waals surface area contributed by atoms with Crippen molar-refractivity contribution in [2.45, 2.75) is 51.4 Å². The second-order valence-electron chi connectivity index (χ2n) is 8.01. The van der Waals surface area contributed by atoms with E-state index in [1.165, 1.54) is 34.9 Å². The van der Waals surface area contributed by atoms with Gasteiger partial charge in [0.05, 0.1) is 16.8 Å². The first-order valence-electron chi connectivity index (χ1n) is 10.8. The number of carbonyl (C=O) groups is 1. The van der Waals surface area contributed by atoms with Crippen LogP contribution in [-0.2, 0) is 17.0 Å². The molecule has 3 aromatic heterocycles. The van der Waals surface area contributed by atoms with Crippen LogP contribution in [0, 0.1) is 12.8 Å². The maximum absolute atomic E-state index is 12.9. The Morgan fingerprint density at radius 2 is 2.00 bits per heavy atom. The van der Waals surface area contributed by atoms with E-state index < -0.39 is 0 Å². The van der Waals surface area contributed by atoms with Gasteiger partial charge in [0.2, 0.25) is 5.91 Å². The number of thioether (sulfide) groups is 1. The number of para-hydroxylation sites is 1. The molecule has 9 heteroatoms. The van der Waals surface area contributed by atoms with Gasteiger partial charge in [-0.1, -0.05) is 50.2 Å². The molecule has 0 aliphatic heterocycles. The molecule has 1 aromatic carbocycles. The Labute approximate surface area is 205 Å². The van der Waals surface area contributed by atoms with E-state index in [1.807, 2.05) is 35.7 Å². The second-order valence-corrected chi connectivity index (χ2v) is 11.0. The monoisotopic (exact) mass is 498 g/mol. The number of thiazole rings is 1. The number of rotatable bonds is 8. The molecule has 4 aromatic rings. The number of thiophene rings is 1. The fourth-order valence-corrected chi connectivity index (χ4v) is 6.43. The molecule has 0 spiro atoms.